The van der Waals surface area contributed by atoms with Gasteiger partial charge in [0.1, 0.15) is 11.6 Å². The van der Waals surface area contributed by atoms with Crippen LogP contribution in [0.2, 0.25) is 5.02 Å². The lowest BCUT2D eigenvalue weighted by Gasteiger charge is -2.29. The van der Waals surface area contributed by atoms with Gasteiger partial charge in [-0.3, -0.25) is 18.9 Å². The van der Waals surface area contributed by atoms with Crippen LogP contribution >= 0.6 is 11.6 Å². The Bertz CT molecular complexity index is 1510. The monoisotopic (exact) mass is 522 g/mol. The summed E-state index contributed by atoms with van der Waals surface area (Å²) in [6.07, 6.45) is 6.42. The van der Waals surface area contributed by atoms with E-state index in [0.29, 0.717) is 45.4 Å². The van der Waals surface area contributed by atoms with Crippen molar-refractivity contribution in [1.29, 1.82) is 0 Å². The molecule has 4 aromatic rings. The molecule has 3 aromatic heterocycles. The second kappa shape index (κ2) is 10.3. The Kier molecular flexibility index (Phi) is 6.97. The fourth-order valence-corrected chi connectivity index (χ4v) is 5.23. The molecule has 0 saturated heterocycles. The molecule has 1 aliphatic carbocycles. The van der Waals surface area contributed by atoms with Crippen LogP contribution in [0.25, 0.3) is 16.7 Å². The van der Waals surface area contributed by atoms with Gasteiger partial charge in [0.25, 0.3) is 5.91 Å². The molecule has 1 saturated carbocycles. The number of fused-ring (bicyclic) bond motifs is 1. The quantitative estimate of drug-likeness (QED) is 0.382. The Morgan fingerprint density at radius 3 is 2.57 bits per heavy atom. The van der Waals surface area contributed by atoms with E-state index < -0.39 is 0 Å². The number of carbonyl (C=O) groups excluding carboxylic acids is 1. The maximum atomic E-state index is 14.2. The minimum atomic E-state index is -0.390. The lowest BCUT2D eigenvalue weighted by Crippen LogP contribution is -2.39. The van der Waals surface area contributed by atoms with Gasteiger partial charge in [-0.15, -0.1) is 0 Å². The molecule has 0 bridgehead atoms. The first-order valence-electron chi connectivity index (χ1n) is 12.3. The number of imidazole rings is 1. The number of amides is 1. The van der Waals surface area contributed by atoms with Gasteiger partial charge in [-0.25, -0.2) is 14.2 Å². The zero-order valence-electron chi connectivity index (χ0n) is 20.7. The molecule has 0 aliphatic heterocycles. The number of anilines is 1. The number of hydrogen-bond donors (Lipinski definition) is 2. The van der Waals surface area contributed by atoms with Crippen molar-refractivity contribution in [2.45, 2.75) is 45.2 Å². The average Bonchev–Trinajstić information content (AvgIpc) is 3.16. The number of pyridine rings is 2. The van der Waals surface area contributed by atoms with Crippen LogP contribution in [-0.4, -0.2) is 38.1 Å². The highest BCUT2D eigenvalue weighted by Crippen LogP contribution is 2.28. The number of benzene rings is 1. The van der Waals surface area contributed by atoms with Gasteiger partial charge in [0, 0.05) is 25.8 Å². The number of halogens is 2. The van der Waals surface area contributed by atoms with E-state index in [1.807, 2.05) is 6.07 Å². The Labute approximate surface area is 218 Å². The van der Waals surface area contributed by atoms with Crippen LogP contribution < -0.4 is 16.3 Å². The number of nitrogens with one attached hydrogen (secondary N) is 2. The minimum absolute atomic E-state index is 0.0365. The predicted molar refractivity (Wildman–Crippen MR) is 142 cm³/mol. The minimum Gasteiger partial charge on any atom is -0.373 e. The molecule has 0 spiro atoms. The van der Waals surface area contributed by atoms with Crippen molar-refractivity contribution in [3.8, 4) is 5.69 Å². The van der Waals surface area contributed by atoms with E-state index in [1.54, 1.807) is 47.5 Å². The van der Waals surface area contributed by atoms with Crippen LogP contribution in [0, 0.1) is 18.7 Å². The molecular formula is C27H28ClFN6O2. The number of rotatable bonds is 6. The van der Waals surface area contributed by atoms with Crippen LogP contribution in [-0.2, 0) is 6.54 Å². The molecule has 2 N–H and O–H groups in total. The summed E-state index contributed by atoms with van der Waals surface area (Å²) in [6, 6.07) is 9.69. The number of nitrogens with zero attached hydrogens (tertiary/aromatic N) is 4. The first-order valence-corrected chi connectivity index (χ1v) is 12.7. The van der Waals surface area contributed by atoms with Crippen molar-refractivity contribution >= 4 is 34.4 Å². The van der Waals surface area contributed by atoms with E-state index >= 15 is 0 Å². The number of aryl methyl sites for hydroxylation is 1. The third kappa shape index (κ3) is 5.09. The van der Waals surface area contributed by atoms with Crippen molar-refractivity contribution in [2.24, 2.45) is 5.92 Å². The molecule has 0 radical (unpaired) electrons. The second-order valence-electron chi connectivity index (χ2n) is 9.49. The third-order valence-corrected chi connectivity index (χ3v) is 7.28. The molecule has 0 unspecified atom stereocenters. The van der Waals surface area contributed by atoms with Gasteiger partial charge >= 0.3 is 5.69 Å². The van der Waals surface area contributed by atoms with Gasteiger partial charge < -0.3 is 10.6 Å². The van der Waals surface area contributed by atoms with Crippen molar-refractivity contribution < 1.29 is 9.18 Å². The Balaban J connectivity index is 1.33. The molecule has 10 heteroatoms. The predicted octanol–water partition coefficient (Wildman–Crippen LogP) is 4.71. The molecule has 8 nitrogen and oxygen atoms in total. The molecule has 1 aromatic carbocycles. The highest BCUT2D eigenvalue weighted by atomic mass is 35.5. The maximum Gasteiger partial charge on any atom is 0.333 e. The molecule has 0 atom stereocenters. The Hall–Kier alpha value is -3.72. The first kappa shape index (κ1) is 25.0. The Morgan fingerprint density at radius 1 is 1.08 bits per heavy atom. The molecule has 1 amide bonds. The molecule has 37 heavy (non-hydrogen) atoms. The Morgan fingerprint density at radius 2 is 1.86 bits per heavy atom. The first-order chi connectivity index (χ1) is 17.8. The van der Waals surface area contributed by atoms with Crippen molar-refractivity contribution in [2.75, 3.05) is 12.4 Å². The van der Waals surface area contributed by atoms with Gasteiger partial charge in [0.2, 0.25) is 0 Å². The van der Waals surface area contributed by atoms with Gasteiger partial charge in [0.15, 0.2) is 0 Å². The highest BCUT2D eigenvalue weighted by molar-refractivity contribution is 6.30. The largest absolute Gasteiger partial charge is 0.373 e. The van der Waals surface area contributed by atoms with Crippen LogP contribution in [0.4, 0.5) is 10.2 Å². The summed E-state index contributed by atoms with van der Waals surface area (Å²) in [5.41, 5.74) is 2.71. The summed E-state index contributed by atoms with van der Waals surface area (Å²) in [6.45, 7) is 2.26. The van der Waals surface area contributed by atoms with Crippen LogP contribution in [0.3, 0.4) is 0 Å². The number of hydrogen-bond acceptors (Lipinski definition) is 5. The summed E-state index contributed by atoms with van der Waals surface area (Å²) >= 11 is 6.02. The van der Waals surface area contributed by atoms with E-state index in [9.17, 15) is 14.0 Å². The van der Waals surface area contributed by atoms with Crippen molar-refractivity contribution in [3.63, 3.8) is 0 Å². The molecule has 192 valence electrons. The molecule has 3 heterocycles. The summed E-state index contributed by atoms with van der Waals surface area (Å²) in [4.78, 5) is 34.8. The standard InChI is InChI=1S/C27H28ClFN6O2/c1-16-22(11-18(28)13-31-16)26(36)33-20-6-3-17(4-7-20)15-34-24-12-19(29)5-9-23(24)35(27(34)37)21-8-10-25(30-2)32-14-21/h5,8-14,17,20H,3-4,6-7,15H2,1-2H3,(H,30,32)(H,33,36)/t17-,20-. The highest BCUT2D eigenvalue weighted by Gasteiger charge is 2.26. The third-order valence-electron chi connectivity index (χ3n) is 7.07. The van der Waals surface area contributed by atoms with Crippen LogP contribution in [0.5, 0.6) is 0 Å². The zero-order chi connectivity index (χ0) is 26.1. The van der Waals surface area contributed by atoms with Gasteiger partial charge in [-0.1, -0.05) is 11.6 Å². The fraction of sp³-hybridized carbons (Fsp3) is 0.333. The molecular weight excluding hydrogens is 495 g/mol. The smallest absolute Gasteiger partial charge is 0.333 e. The van der Waals surface area contributed by atoms with E-state index in [1.165, 1.54) is 18.3 Å². The van der Waals surface area contributed by atoms with E-state index in [0.717, 1.165) is 25.7 Å². The topological polar surface area (TPSA) is 93.8 Å². The van der Waals surface area contributed by atoms with Gasteiger partial charge in [-0.2, -0.15) is 0 Å². The van der Waals surface area contributed by atoms with Gasteiger partial charge in [-0.05, 0) is 74.9 Å². The molecule has 1 aliphatic rings. The maximum absolute atomic E-state index is 14.2. The normalized spacial score (nSPS) is 17.6. The summed E-state index contributed by atoms with van der Waals surface area (Å²) < 4.78 is 17.4. The average molecular weight is 523 g/mol. The van der Waals surface area contributed by atoms with E-state index in [2.05, 4.69) is 20.6 Å². The SMILES string of the molecule is CNc1ccc(-n2c(=O)n(C[C@H]3CC[C@H](NC(=O)c4cc(Cl)cnc4C)CC3)c3cc(F)ccc32)cn1. The van der Waals surface area contributed by atoms with Crippen molar-refractivity contribution in [3.05, 3.63) is 81.4 Å². The van der Waals surface area contributed by atoms with Crippen LogP contribution in [0.15, 0.2) is 53.6 Å². The fourth-order valence-electron chi connectivity index (χ4n) is 5.07. The van der Waals surface area contributed by atoms with E-state index in [-0.39, 0.29) is 29.4 Å². The van der Waals surface area contributed by atoms with Crippen molar-refractivity contribution in [1.82, 2.24) is 24.4 Å². The lowest BCUT2D eigenvalue weighted by molar-refractivity contribution is 0.0919. The summed E-state index contributed by atoms with van der Waals surface area (Å²) in [5.74, 6) is 0.354. The molecule has 5 rings (SSSR count). The second-order valence-corrected chi connectivity index (χ2v) is 9.93. The summed E-state index contributed by atoms with van der Waals surface area (Å²) in [5, 5.41) is 6.49. The number of aromatic nitrogens is 4. The molecule has 1 fully saturated rings. The van der Waals surface area contributed by atoms with Gasteiger partial charge in [0.05, 0.1) is 39.2 Å². The lowest BCUT2D eigenvalue weighted by atomic mass is 9.85. The summed E-state index contributed by atoms with van der Waals surface area (Å²) in [7, 11) is 1.78. The van der Waals surface area contributed by atoms with Crippen LogP contribution in [0.1, 0.15) is 41.7 Å². The zero-order valence-corrected chi connectivity index (χ0v) is 21.4. The number of carbonyl (C=O) groups is 1. The van der Waals surface area contributed by atoms with E-state index in [4.69, 9.17) is 11.6 Å².